The predicted octanol–water partition coefficient (Wildman–Crippen LogP) is 4.30. The molecule has 0 aliphatic carbocycles. The van der Waals surface area contributed by atoms with Crippen molar-refractivity contribution in [1.29, 1.82) is 5.26 Å². The van der Waals surface area contributed by atoms with Gasteiger partial charge in [0.15, 0.2) is 0 Å². The lowest BCUT2D eigenvalue weighted by atomic mass is 9.97. The molecule has 0 aliphatic heterocycles. The summed E-state index contributed by atoms with van der Waals surface area (Å²) in [5, 5.41) is 9.30. The maximum Gasteiger partial charge on any atom is 0.418 e. The van der Waals surface area contributed by atoms with Gasteiger partial charge in [-0.05, 0) is 18.2 Å². The first-order valence-electron chi connectivity index (χ1n) is 5.68. The first-order chi connectivity index (χ1) is 9.86. The van der Waals surface area contributed by atoms with Gasteiger partial charge in [-0.25, -0.2) is 4.98 Å². The minimum absolute atomic E-state index is 0.0156. The van der Waals surface area contributed by atoms with Gasteiger partial charge in [-0.2, -0.15) is 18.4 Å². The number of alkyl halides is 3. The number of methoxy groups -OCH3 is 1. The van der Waals surface area contributed by atoms with Crippen LogP contribution in [0, 0.1) is 11.3 Å². The molecule has 1 heterocycles. The Bertz CT molecular complexity index is 723. The Morgan fingerprint density at radius 2 is 1.95 bits per heavy atom. The molecule has 0 saturated carbocycles. The topological polar surface area (TPSA) is 45.9 Å². The van der Waals surface area contributed by atoms with Crippen LogP contribution < -0.4 is 4.74 Å². The number of nitrogens with zero attached hydrogens (tertiary/aromatic N) is 2. The van der Waals surface area contributed by atoms with Crippen LogP contribution in [0.25, 0.3) is 11.1 Å². The monoisotopic (exact) mass is 312 g/mol. The van der Waals surface area contributed by atoms with E-state index in [9.17, 15) is 13.2 Å². The second-order valence-corrected chi connectivity index (χ2v) is 4.51. The maximum absolute atomic E-state index is 13.1. The van der Waals surface area contributed by atoms with Gasteiger partial charge in [0.1, 0.15) is 0 Å². The summed E-state index contributed by atoms with van der Waals surface area (Å²) in [7, 11) is 1.29. The van der Waals surface area contributed by atoms with E-state index in [1.807, 2.05) is 6.07 Å². The highest BCUT2D eigenvalue weighted by Crippen LogP contribution is 2.39. The van der Waals surface area contributed by atoms with E-state index in [2.05, 4.69) is 4.98 Å². The molecular weight excluding hydrogens is 305 g/mol. The van der Waals surface area contributed by atoms with Crippen LogP contribution in [0.15, 0.2) is 30.5 Å². The summed E-state index contributed by atoms with van der Waals surface area (Å²) in [6.07, 6.45) is -3.93. The third kappa shape index (κ3) is 3.09. The molecule has 108 valence electrons. The number of rotatable bonds is 2. The van der Waals surface area contributed by atoms with Crippen LogP contribution in [0.4, 0.5) is 13.2 Å². The molecule has 1 aromatic carbocycles. The summed E-state index contributed by atoms with van der Waals surface area (Å²) < 4.78 is 44.2. The van der Waals surface area contributed by atoms with Gasteiger partial charge < -0.3 is 4.74 Å². The van der Waals surface area contributed by atoms with E-state index >= 15 is 0 Å². The van der Waals surface area contributed by atoms with Crippen LogP contribution in [-0.2, 0) is 6.18 Å². The molecule has 0 saturated heterocycles. The van der Waals surface area contributed by atoms with Gasteiger partial charge in [0.2, 0.25) is 5.88 Å². The molecule has 0 radical (unpaired) electrons. The van der Waals surface area contributed by atoms with Gasteiger partial charge in [-0.1, -0.05) is 11.6 Å². The minimum Gasteiger partial charge on any atom is -0.481 e. The Balaban J connectivity index is 2.78. The molecule has 0 N–H and O–H groups in total. The van der Waals surface area contributed by atoms with Crippen molar-refractivity contribution in [1.82, 2.24) is 4.98 Å². The van der Waals surface area contributed by atoms with E-state index in [4.69, 9.17) is 21.6 Å². The molecule has 0 fully saturated rings. The summed E-state index contributed by atoms with van der Waals surface area (Å²) in [5.74, 6) is 0.0156. The molecule has 2 aromatic rings. The zero-order valence-corrected chi connectivity index (χ0v) is 11.5. The van der Waals surface area contributed by atoms with Crippen molar-refractivity contribution in [2.45, 2.75) is 6.18 Å². The molecule has 0 aliphatic rings. The molecule has 0 amide bonds. The second kappa shape index (κ2) is 5.62. The SMILES string of the molecule is COc1cc(-c2cc(Cl)ccc2C#N)c(C(F)(F)F)cn1. The molecule has 0 spiro atoms. The highest BCUT2D eigenvalue weighted by atomic mass is 35.5. The number of aromatic nitrogens is 1. The van der Waals surface area contributed by atoms with Crippen LogP contribution in [0.1, 0.15) is 11.1 Å². The quantitative estimate of drug-likeness (QED) is 0.830. The zero-order valence-electron chi connectivity index (χ0n) is 10.7. The third-order valence-corrected chi connectivity index (χ3v) is 3.02. The van der Waals surface area contributed by atoms with Gasteiger partial charge in [-0.3, -0.25) is 0 Å². The third-order valence-electron chi connectivity index (χ3n) is 2.79. The fourth-order valence-electron chi connectivity index (χ4n) is 1.83. The van der Waals surface area contributed by atoms with Crippen LogP contribution >= 0.6 is 11.6 Å². The Hall–Kier alpha value is -2.26. The number of hydrogen-bond donors (Lipinski definition) is 0. The lowest BCUT2D eigenvalue weighted by Gasteiger charge is -2.14. The summed E-state index contributed by atoms with van der Waals surface area (Å²) in [6.45, 7) is 0. The van der Waals surface area contributed by atoms with E-state index in [-0.39, 0.29) is 27.6 Å². The summed E-state index contributed by atoms with van der Waals surface area (Å²) >= 11 is 5.83. The van der Waals surface area contributed by atoms with E-state index in [1.54, 1.807) is 0 Å². The number of hydrogen-bond acceptors (Lipinski definition) is 3. The van der Waals surface area contributed by atoms with Crippen molar-refractivity contribution in [3.05, 3.63) is 46.6 Å². The van der Waals surface area contributed by atoms with Gasteiger partial charge >= 0.3 is 6.18 Å². The van der Waals surface area contributed by atoms with Crippen molar-refractivity contribution >= 4 is 11.6 Å². The van der Waals surface area contributed by atoms with Crippen molar-refractivity contribution < 1.29 is 17.9 Å². The van der Waals surface area contributed by atoms with Gasteiger partial charge in [0.25, 0.3) is 0 Å². The fraction of sp³-hybridized carbons (Fsp3) is 0.143. The predicted molar refractivity (Wildman–Crippen MR) is 71.0 cm³/mol. The van der Waals surface area contributed by atoms with Crippen LogP contribution in [0.2, 0.25) is 5.02 Å². The van der Waals surface area contributed by atoms with E-state index in [0.717, 1.165) is 6.07 Å². The van der Waals surface area contributed by atoms with Crippen LogP contribution in [0.5, 0.6) is 5.88 Å². The number of halogens is 4. The molecule has 3 nitrogen and oxygen atoms in total. The Kier molecular flexibility index (Phi) is 4.05. The molecular formula is C14H8ClF3N2O. The summed E-state index contributed by atoms with van der Waals surface area (Å²) in [5.41, 5.74) is -0.994. The highest BCUT2D eigenvalue weighted by molar-refractivity contribution is 6.31. The Morgan fingerprint density at radius 1 is 1.24 bits per heavy atom. The molecule has 0 unspecified atom stereocenters. The zero-order chi connectivity index (χ0) is 15.6. The molecule has 2 rings (SSSR count). The van der Waals surface area contributed by atoms with Crippen LogP contribution in [-0.4, -0.2) is 12.1 Å². The average Bonchev–Trinajstić information content (AvgIpc) is 2.45. The van der Waals surface area contributed by atoms with Gasteiger partial charge in [0.05, 0.1) is 24.3 Å². The minimum atomic E-state index is -4.61. The largest absolute Gasteiger partial charge is 0.481 e. The lowest BCUT2D eigenvalue weighted by molar-refractivity contribution is -0.137. The number of nitriles is 1. The molecule has 7 heteroatoms. The average molecular weight is 313 g/mol. The smallest absolute Gasteiger partial charge is 0.418 e. The Morgan fingerprint density at radius 3 is 2.52 bits per heavy atom. The number of ether oxygens (including phenoxy) is 1. The van der Waals surface area contributed by atoms with Gasteiger partial charge in [-0.15, -0.1) is 0 Å². The van der Waals surface area contributed by atoms with E-state index in [0.29, 0.717) is 6.20 Å². The van der Waals surface area contributed by atoms with E-state index < -0.39 is 11.7 Å². The van der Waals surface area contributed by atoms with Crippen LogP contribution in [0.3, 0.4) is 0 Å². The highest BCUT2D eigenvalue weighted by Gasteiger charge is 2.35. The second-order valence-electron chi connectivity index (χ2n) is 4.07. The van der Waals surface area contributed by atoms with E-state index in [1.165, 1.54) is 25.3 Å². The Labute approximate surface area is 123 Å². The first-order valence-corrected chi connectivity index (χ1v) is 6.06. The van der Waals surface area contributed by atoms with Gasteiger partial charge in [0, 0.05) is 28.4 Å². The summed E-state index contributed by atoms with van der Waals surface area (Å²) in [4.78, 5) is 3.57. The molecule has 0 atom stereocenters. The van der Waals surface area contributed by atoms with Crippen molar-refractivity contribution in [3.8, 4) is 23.1 Å². The lowest BCUT2D eigenvalue weighted by Crippen LogP contribution is -2.09. The number of pyridine rings is 1. The molecule has 21 heavy (non-hydrogen) atoms. The summed E-state index contributed by atoms with van der Waals surface area (Å²) in [6, 6.07) is 7.10. The first kappa shape index (κ1) is 15.1. The molecule has 1 aromatic heterocycles. The number of benzene rings is 1. The maximum atomic E-state index is 13.1. The fourth-order valence-corrected chi connectivity index (χ4v) is 2.01. The molecule has 0 bridgehead atoms. The van der Waals surface area contributed by atoms with Crippen molar-refractivity contribution in [2.75, 3.05) is 7.11 Å². The van der Waals surface area contributed by atoms with Crippen molar-refractivity contribution in [2.24, 2.45) is 0 Å². The normalized spacial score (nSPS) is 11.0. The van der Waals surface area contributed by atoms with Crippen molar-refractivity contribution in [3.63, 3.8) is 0 Å². The standard InChI is InChI=1S/C14H8ClF3N2O/c1-21-13-5-11(12(7-20-13)14(16,17)18)10-4-9(15)3-2-8(10)6-19/h2-5,7H,1H3.